The van der Waals surface area contributed by atoms with Crippen molar-refractivity contribution in [3.05, 3.63) is 35.4 Å². The van der Waals surface area contributed by atoms with E-state index in [4.69, 9.17) is 11.5 Å². The first kappa shape index (κ1) is 22.2. The molecule has 5 nitrogen and oxygen atoms in total. The molecule has 2 atom stereocenters. The minimum atomic E-state index is -4.56. The van der Waals surface area contributed by atoms with Crippen LogP contribution >= 0.6 is 12.4 Å². The molecule has 5 N–H and O–H groups in total. The van der Waals surface area contributed by atoms with E-state index in [1.165, 1.54) is 13.0 Å². The Hall–Kier alpha value is -1.80. The minimum absolute atomic E-state index is 0. The maximum atomic E-state index is 12.8. The van der Waals surface area contributed by atoms with Gasteiger partial charge in [-0.25, -0.2) is 0 Å². The van der Waals surface area contributed by atoms with Crippen molar-refractivity contribution < 1.29 is 22.8 Å². The second-order valence-corrected chi connectivity index (χ2v) is 5.63. The molecular formula is C15H21ClF3N3O2. The third-order valence-electron chi connectivity index (χ3n) is 3.48. The number of amides is 2. The Morgan fingerprint density at radius 3 is 2.25 bits per heavy atom. The number of alkyl halides is 3. The number of primary amides is 1. The van der Waals surface area contributed by atoms with E-state index < -0.39 is 29.1 Å². The average Bonchev–Trinajstić information content (AvgIpc) is 2.44. The van der Waals surface area contributed by atoms with Crippen LogP contribution in [-0.2, 0) is 21.3 Å². The van der Waals surface area contributed by atoms with Crippen LogP contribution in [-0.4, -0.2) is 17.9 Å². The number of benzene rings is 1. The lowest BCUT2D eigenvalue weighted by Gasteiger charge is -2.28. The summed E-state index contributed by atoms with van der Waals surface area (Å²) in [5.41, 5.74) is 8.16. The van der Waals surface area contributed by atoms with Gasteiger partial charge in [0.15, 0.2) is 0 Å². The van der Waals surface area contributed by atoms with Gasteiger partial charge in [-0.1, -0.05) is 12.1 Å². The molecule has 0 saturated carbocycles. The SMILES string of the molecule is CC(N)CCC(=O)NC(C)(C(N)=O)c1cccc(C(F)(F)F)c1.Cl. The highest BCUT2D eigenvalue weighted by Gasteiger charge is 2.37. The van der Waals surface area contributed by atoms with Crippen LogP contribution in [0.4, 0.5) is 13.2 Å². The largest absolute Gasteiger partial charge is 0.416 e. The Morgan fingerprint density at radius 1 is 1.25 bits per heavy atom. The van der Waals surface area contributed by atoms with E-state index in [0.29, 0.717) is 6.42 Å². The van der Waals surface area contributed by atoms with E-state index in [1.54, 1.807) is 6.92 Å². The van der Waals surface area contributed by atoms with Crippen molar-refractivity contribution in [3.8, 4) is 0 Å². The number of carbonyl (C=O) groups excluding carboxylic acids is 2. The van der Waals surface area contributed by atoms with Gasteiger partial charge < -0.3 is 16.8 Å². The summed E-state index contributed by atoms with van der Waals surface area (Å²) in [6.07, 6.45) is -4.14. The Balaban J connectivity index is 0.00000529. The summed E-state index contributed by atoms with van der Waals surface area (Å²) in [7, 11) is 0. The summed E-state index contributed by atoms with van der Waals surface area (Å²) in [5, 5.41) is 2.41. The summed E-state index contributed by atoms with van der Waals surface area (Å²) in [4.78, 5) is 23.7. The maximum Gasteiger partial charge on any atom is 0.416 e. The third kappa shape index (κ3) is 5.68. The van der Waals surface area contributed by atoms with Gasteiger partial charge >= 0.3 is 6.18 Å². The summed E-state index contributed by atoms with van der Waals surface area (Å²) in [6, 6.07) is 3.94. The van der Waals surface area contributed by atoms with Crippen molar-refractivity contribution in [1.29, 1.82) is 0 Å². The molecule has 9 heteroatoms. The lowest BCUT2D eigenvalue weighted by molar-refractivity contribution is -0.138. The van der Waals surface area contributed by atoms with E-state index in [0.717, 1.165) is 18.2 Å². The highest BCUT2D eigenvalue weighted by atomic mass is 35.5. The second-order valence-electron chi connectivity index (χ2n) is 5.63. The van der Waals surface area contributed by atoms with E-state index >= 15 is 0 Å². The molecule has 0 heterocycles. The first-order chi connectivity index (χ1) is 10.5. The molecule has 2 amide bonds. The van der Waals surface area contributed by atoms with Gasteiger partial charge in [-0.15, -0.1) is 12.4 Å². The van der Waals surface area contributed by atoms with E-state index in [-0.39, 0.29) is 30.4 Å². The normalized spacial score (nSPS) is 14.9. The number of rotatable bonds is 6. The van der Waals surface area contributed by atoms with Gasteiger partial charge in [-0.3, -0.25) is 9.59 Å². The van der Waals surface area contributed by atoms with Gasteiger partial charge in [-0.05, 0) is 38.0 Å². The summed E-state index contributed by atoms with van der Waals surface area (Å²) in [6.45, 7) is 2.99. The first-order valence-electron chi connectivity index (χ1n) is 7.01. The third-order valence-corrected chi connectivity index (χ3v) is 3.48. The van der Waals surface area contributed by atoms with Crippen molar-refractivity contribution in [1.82, 2.24) is 5.32 Å². The molecule has 0 bridgehead atoms. The van der Waals surface area contributed by atoms with Gasteiger partial charge in [0, 0.05) is 12.5 Å². The van der Waals surface area contributed by atoms with Crippen molar-refractivity contribution in [3.63, 3.8) is 0 Å². The Bertz CT molecular complexity index is 594. The lowest BCUT2D eigenvalue weighted by atomic mass is 9.89. The Labute approximate surface area is 144 Å². The Kier molecular flexibility index (Phi) is 7.72. The zero-order chi connectivity index (χ0) is 17.8. The van der Waals surface area contributed by atoms with Crippen LogP contribution in [0.3, 0.4) is 0 Å². The van der Waals surface area contributed by atoms with E-state index in [2.05, 4.69) is 5.32 Å². The fourth-order valence-corrected chi connectivity index (χ4v) is 1.98. The molecule has 136 valence electrons. The van der Waals surface area contributed by atoms with Gasteiger partial charge in [-0.2, -0.15) is 13.2 Å². The zero-order valence-electron chi connectivity index (χ0n) is 13.3. The fraction of sp³-hybridized carbons (Fsp3) is 0.467. The van der Waals surface area contributed by atoms with Crippen molar-refractivity contribution in [2.75, 3.05) is 0 Å². The van der Waals surface area contributed by atoms with Gasteiger partial charge in [0.05, 0.1) is 5.56 Å². The number of hydrogen-bond donors (Lipinski definition) is 3. The molecule has 0 saturated heterocycles. The fourth-order valence-electron chi connectivity index (χ4n) is 1.98. The van der Waals surface area contributed by atoms with Crippen LogP contribution in [0.25, 0.3) is 0 Å². The molecule has 0 aliphatic heterocycles. The molecule has 0 radical (unpaired) electrons. The quantitative estimate of drug-likeness (QED) is 0.717. The van der Waals surface area contributed by atoms with Crippen molar-refractivity contribution >= 4 is 24.2 Å². The summed E-state index contributed by atoms with van der Waals surface area (Å²) >= 11 is 0. The van der Waals surface area contributed by atoms with Crippen LogP contribution in [0.15, 0.2) is 24.3 Å². The number of nitrogens with one attached hydrogen (secondary N) is 1. The molecule has 2 unspecified atom stereocenters. The standard InChI is InChI=1S/C15H20F3N3O2.ClH/c1-9(19)6-7-12(22)21-14(2,13(20)23)10-4-3-5-11(8-10)15(16,17)18;/h3-5,8-9H,6-7,19H2,1-2H3,(H2,20,23)(H,21,22);1H. The highest BCUT2D eigenvalue weighted by molar-refractivity contribution is 5.91. The molecule has 0 fully saturated rings. The minimum Gasteiger partial charge on any atom is -0.367 e. The van der Waals surface area contributed by atoms with Crippen molar-refractivity contribution in [2.24, 2.45) is 11.5 Å². The van der Waals surface area contributed by atoms with Gasteiger partial charge in [0.25, 0.3) is 0 Å². The molecule has 24 heavy (non-hydrogen) atoms. The number of carbonyl (C=O) groups is 2. The summed E-state index contributed by atoms with van der Waals surface area (Å²) in [5.74, 6) is -1.47. The summed E-state index contributed by atoms with van der Waals surface area (Å²) < 4.78 is 38.4. The predicted octanol–water partition coefficient (Wildman–Crippen LogP) is 2.07. The molecule has 1 rings (SSSR count). The zero-order valence-corrected chi connectivity index (χ0v) is 14.1. The molecule has 0 aliphatic carbocycles. The molecule has 1 aromatic rings. The molecule has 0 aliphatic rings. The van der Waals surface area contributed by atoms with E-state index in [1.807, 2.05) is 0 Å². The molecular weight excluding hydrogens is 347 g/mol. The lowest BCUT2D eigenvalue weighted by Crippen LogP contribution is -2.53. The monoisotopic (exact) mass is 367 g/mol. The first-order valence-corrected chi connectivity index (χ1v) is 7.01. The molecule has 0 spiro atoms. The van der Waals surface area contributed by atoms with Crippen LogP contribution in [0.2, 0.25) is 0 Å². The maximum absolute atomic E-state index is 12.8. The number of hydrogen-bond acceptors (Lipinski definition) is 3. The number of halogens is 4. The van der Waals surface area contributed by atoms with Crippen molar-refractivity contribution in [2.45, 2.75) is 44.4 Å². The topological polar surface area (TPSA) is 98.2 Å². The second kappa shape index (κ2) is 8.34. The van der Waals surface area contributed by atoms with Crippen LogP contribution in [0, 0.1) is 0 Å². The smallest absolute Gasteiger partial charge is 0.367 e. The molecule has 1 aromatic carbocycles. The van der Waals surface area contributed by atoms with Gasteiger partial charge in [0.2, 0.25) is 11.8 Å². The van der Waals surface area contributed by atoms with E-state index in [9.17, 15) is 22.8 Å². The van der Waals surface area contributed by atoms with Gasteiger partial charge in [0.1, 0.15) is 5.54 Å². The number of nitrogens with two attached hydrogens (primary N) is 2. The highest BCUT2D eigenvalue weighted by Crippen LogP contribution is 2.32. The van der Waals surface area contributed by atoms with Crippen LogP contribution < -0.4 is 16.8 Å². The Morgan fingerprint density at radius 2 is 1.79 bits per heavy atom. The van der Waals surface area contributed by atoms with Crippen LogP contribution in [0.5, 0.6) is 0 Å². The molecule has 0 aromatic heterocycles. The predicted molar refractivity (Wildman–Crippen MR) is 86.3 cm³/mol. The average molecular weight is 368 g/mol. The van der Waals surface area contributed by atoms with Crippen LogP contribution in [0.1, 0.15) is 37.8 Å².